The van der Waals surface area contributed by atoms with Gasteiger partial charge in [0, 0.05) is 12.3 Å². The molecule has 7 nitrogen and oxygen atoms in total. The first-order valence-electron chi connectivity index (χ1n) is 5.49. The minimum atomic E-state index is -1.98. The first kappa shape index (κ1) is 14.2. The molecular weight excluding hydrogens is 283 g/mol. The second-order valence-electron chi connectivity index (χ2n) is 4.17. The summed E-state index contributed by atoms with van der Waals surface area (Å²) in [5.41, 5.74) is -3.40. The van der Waals surface area contributed by atoms with Crippen LogP contribution in [0.3, 0.4) is 0 Å². The number of nitrogens with zero attached hydrogens (tertiary/aromatic N) is 1. The van der Waals surface area contributed by atoms with E-state index >= 15 is 0 Å². The minimum Gasteiger partial charge on any atom is -0.394 e. The van der Waals surface area contributed by atoms with Gasteiger partial charge >= 0.3 is 5.69 Å². The Morgan fingerprint density at radius 1 is 1.58 bits per heavy atom. The predicted molar refractivity (Wildman–Crippen MR) is 62.6 cm³/mol. The largest absolute Gasteiger partial charge is 0.394 e. The number of aliphatic hydroxyl groups excluding tert-OH is 2. The molecule has 0 unspecified atom stereocenters. The number of nitrogens with one attached hydrogen (secondary N) is 1. The smallest absolute Gasteiger partial charge is 0.330 e. The van der Waals surface area contributed by atoms with Gasteiger partial charge in [-0.3, -0.25) is 14.3 Å². The molecule has 2 heterocycles. The van der Waals surface area contributed by atoms with Gasteiger partial charge in [-0.1, -0.05) is 11.6 Å². The molecule has 5 atom stereocenters. The molecule has 1 aliphatic heterocycles. The van der Waals surface area contributed by atoms with Crippen molar-refractivity contribution < 1.29 is 19.3 Å². The number of aromatic nitrogens is 2. The molecule has 0 aliphatic carbocycles. The molecule has 0 bridgehead atoms. The van der Waals surface area contributed by atoms with Gasteiger partial charge in [0.25, 0.3) is 5.56 Å². The molecule has 19 heavy (non-hydrogen) atoms. The van der Waals surface area contributed by atoms with Crippen molar-refractivity contribution in [2.24, 2.45) is 5.92 Å². The van der Waals surface area contributed by atoms with E-state index < -0.39 is 47.8 Å². The van der Waals surface area contributed by atoms with Gasteiger partial charge in [0.05, 0.1) is 18.6 Å². The third-order valence-corrected chi connectivity index (χ3v) is 3.31. The van der Waals surface area contributed by atoms with E-state index in [1.54, 1.807) is 0 Å². The Labute approximate surface area is 111 Å². The van der Waals surface area contributed by atoms with E-state index in [-0.39, 0.29) is 0 Å². The van der Waals surface area contributed by atoms with Gasteiger partial charge < -0.3 is 14.9 Å². The lowest BCUT2D eigenvalue weighted by molar-refractivity contribution is -0.0492. The van der Waals surface area contributed by atoms with Crippen LogP contribution in [0, 0.1) is 5.92 Å². The Hall–Kier alpha value is -1.22. The Morgan fingerprint density at radius 2 is 2.26 bits per heavy atom. The van der Waals surface area contributed by atoms with E-state index in [4.69, 9.17) is 21.4 Å². The van der Waals surface area contributed by atoms with Gasteiger partial charge in [0.1, 0.15) is 12.3 Å². The fourth-order valence-corrected chi connectivity index (χ4v) is 2.34. The summed E-state index contributed by atoms with van der Waals surface area (Å²) in [5, 5.41) is 18.8. The summed E-state index contributed by atoms with van der Waals surface area (Å²) in [7, 11) is 0. The van der Waals surface area contributed by atoms with Crippen LogP contribution in [0.1, 0.15) is 6.23 Å². The van der Waals surface area contributed by atoms with Gasteiger partial charge in [-0.05, 0) is 0 Å². The topological polar surface area (TPSA) is 105 Å². The van der Waals surface area contributed by atoms with Crippen LogP contribution in [0.15, 0.2) is 21.9 Å². The molecule has 3 N–H and O–H groups in total. The summed E-state index contributed by atoms with van der Waals surface area (Å²) in [6, 6.07) is 1.06. The van der Waals surface area contributed by atoms with E-state index in [9.17, 15) is 19.1 Å². The van der Waals surface area contributed by atoms with Crippen molar-refractivity contribution in [2.75, 3.05) is 6.61 Å². The second kappa shape index (κ2) is 5.41. The Balaban J connectivity index is 2.42. The quantitative estimate of drug-likeness (QED) is 0.616. The number of alkyl halides is 2. The number of ether oxygens (including phenoxy) is 1. The van der Waals surface area contributed by atoms with Crippen molar-refractivity contribution in [3.05, 3.63) is 33.1 Å². The highest BCUT2D eigenvalue weighted by atomic mass is 35.5. The molecule has 0 saturated carbocycles. The zero-order chi connectivity index (χ0) is 14.2. The second-order valence-corrected chi connectivity index (χ2v) is 4.58. The summed E-state index contributed by atoms with van der Waals surface area (Å²) in [5.74, 6) is -1.23. The molecule has 0 aromatic carbocycles. The lowest BCUT2D eigenvalue weighted by Gasteiger charge is -2.21. The first-order valence-corrected chi connectivity index (χ1v) is 5.93. The molecule has 9 heteroatoms. The van der Waals surface area contributed by atoms with Crippen LogP contribution in [0.2, 0.25) is 0 Å². The van der Waals surface area contributed by atoms with Crippen LogP contribution in [-0.2, 0) is 4.74 Å². The van der Waals surface area contributed by atoms with Crippen LogP contribution in [0.4, 0.5) is 4.39 Å². The number of hydrogen-bond acceptors (Lipinski definition) is 5. The Morgan fingerprint density at radius 3 is 2.79 bits per heavy atom. The molecule has 106 valence electrons. The summed E-state index contributed by atoms with van der Waals surface area (Å²) >= 11 is 5.35. The summed E-state index contributed by atoms with van der Waals surface area (Å²) in [4.78, 5) is 24.6. The van der Waals surface area contributed by atoms with Gasteiger partial charge in [-0.2, -0.15) is 0 Å². The van der Waals surface area contributed by atoms with Gasteiger partial charge in [-0.25, -0.2) is 9.18 Å². The molecule has 2 rings (SSSR count). The third-order valence-electron chi connectivity index (χ3n) is 3.01. The number of H-pyrrole nitrogens is 1. The van der Waals surface area contributed by atoms with Crippen molar-refractivity contribution in [2.45, 2.75) is 24.1 Å². The third kappa shape index (κ3) is 2.57. The number of aromatic amines is 1. The lowest BCUT2D eigenvalue weighted by Crippen LogP contribution is -2.37. The highest BCUT2D eigenvalue weighted by Gasteiger charge is 2.48. The molecule has 1 aliphatic rings. The van der Waals surface area contributed by atoms with Crippen molar-refractivity contribution >= 4 is 11.6 Å². The summed E-state index contributed by atoms with van der Waals surface area (Å²) in [6.45, 7) is -0.546. The van der Waals surface area contributed by atoms with E-state index in [0.717, 1.165) is 16.8 Å². The average molecular weight is 295 g/mol. The average Bonchev–Trinajstić information content (AvgIpc) is 2.66. The molecule has 0 amide bonds. The lowest BCUT2D eigenvalue weighted by atomic mass is 10.0. The molecule has 1 aromatic heterocycles. The Bertz CT molecular complexity index is 559. The van der Waals surface area contributed by atoms with E-state index in [0.29, 0.717) is 0 Å². The monoisotopic (exact) mass is 294 g/mol. The SMILES string of the molecule is O=c1ccn([C@@H]2O[C@H](CO)[C@@H](O)[C@H]2[C@H](F)Cl)c(=O)[nH]1. The summed E-state index contributed by atoms with van der Waals surface area (Å²) in [6.07, 6.45) is -2.50. The molecule has 0 spiro atoms. The van der Waals surface area contributed by atoms with Crippen LogP contribution < -0.4 is 11.2 Å². The van der Waals surface area contributed by atoms with E-state index in [2.05, 4.69) is 0 Å². The predicted octanol–water partition coefficient (Wildman–Crippen LogP) is -1.06. The van der Waals surface area contributed by atoms with Gasteiger partial charge in [0.15, 0.2) is 5.63 Å². The zero-order valence-corrected chi connectivity index (χ0v) is 10.3. The Kier molecular flexibility index (Phi) is 4.04. The summed E-state index contributed by atoms with van der Waals surface area (Å²) < 4.78 is 19.5. The number of halogens is 2. The number of hydrogen-bond donors (Lipinski definition) is 3. The van der Waals surface area contributed by atoms with Crippen LogP contribution >= 0.6 is 11.6 Å². The van der Waals surface area contributed by atoms with Crippen LogP contribution in [-0.4, -0.2) is 44.2 Å². The van der Waals surface area contributed by atoms with Crippen molar-refractivity contribution in [1.29, 1.82) is 0 Å². The highest BCUT2D eigenvalue weighted by Crippen LogP contribution is 2.38. The first-order chi connectivity index (χ1) is 8.95. The highest BCUT2D eigenvalue weighted by molar-refractivity contribution is 6.19. The molecule has 0 radical (unpaired) electrons. The fraction of sp³-hybridized carbons (Fsp3) is 0.600. The standard InChI is InChI=1S/C10H12ClFN2O5/c11-8(12)6-7(17)4(3-15)19-9(6)14-2-1-5(16)13-10(14)18/h1-2,4,6-9,15,17H,3H2,(H,13,16,18)/t4-,6+,7-,8+,9-/m1/s1. The van der Waals surface area contributed by atoms with Gasteiger partial charge in [-0.15, -0.1) is 0 Å². The van der Waals surface area contributed by atoms with Crippen molar-refractivity contribution in [3.63, 3.8) is 0 Å². The maximum absolute atomic E-state index is 13.4. The maximum Gasteiger partial charge on any atom is 0.330 e. The normalized spacial score (nSPS) is 32.4. The van der Waals surface area contributed by atoms with E-state index in [1.165, 1.54) is 0 Å². The number of aliphatic hydroxyl groups is 2. The molecular formula is C10H12ClFN2O5. The van der Waals surface area contributed by atoms with Gasteiger partial charge in [0.2, 0.25) is 0 Å². The van der Waals surface area contributed by atoms with Crippen molar-refractivity contribution in [1.82, 2.24) is 9.55 Å². The fourth-order valence-electron chi connectivity index (χ4n) is 2.07. The minimum absolute atomic E-state index is 0.546. The van der Waals surface area contributed by atoms with Crippen LogP contribution in [0.5, 0.6) is 0 Å². The number of rotatable bonds is 3. The molecule has 1 aromatic rings. The van der Waals surface area contributed by atoms with E-state index in [1.807, 2.05) is 4.98 Å². The molecule has 1 fully saturated rings. The zero-order valence-electron chi connectivity index (χ0n) is 9.57. The maximum atomic E-state index is 13.4. The van der Waals surface area contributed by atoms with Crippen LogP contribution in [0.25, 0.3) is 0 Å². The molecule has 1 saturated heterocycles. The van der Waals surface area contributed by atoms with Crippen molar-refractivity contribution in [3.8, 4) is 0 Å².